The molecule has 160 valence electrons. The number of amides is 1. The summed E-state index contributed by atoms with van der Waals surface area (Å²) in [6, 6.07) is 24.1. The Morgan fingerprint density at radius 2 is 1.88 bits per heavy atom. The van der Waals surface area contributed by atoms with Crippen molar-refractivity contribution in [2.75, 3.05) is 11.1 Å². The molecular weight excluding hydrogens is 416 g/mol. The van der Waals surface area contributed by atoms with Crippen molar-refractivity contribution in [2.24, 2.45) is 0 Å². The molecule has 0 radical (unpaired) electrons. The summed E-state index contributed by atoms with van der Waals surface area (Å²) in [5, 5.41) is 8.83. The van der Waals surface area contributed by atoms with Crippen LogP contribution in [0.1, 0.15) is 33.8 Å². The number of fused-ring (bicyclic) bond motifs is 2. The van der Waals surface area contributed by atoms with Gasteiger partial charge in [0, 0.05) is 34.4 Å². The maximum Gasteiger partial charge on any atom is 0.265 e. The van der Waals surface area contributed by atoms with Gasteiger partial charge in [-0.2, -0.15) is 0 Å². The number of rotatable bonds is 6. The van der Waals surface area contributed by atoms with E-state index in [1.807, 2.05) is 24.3 Å². The molecule has 0 saturated carbocycles. The van der Waals surface area contributed by atoms with Crippen LogP contribution >= 0.6 is 11.3 Å². The van der Waals surface area contributed by atoms with E-state index in [0.717, 1.165) is 22.1 Å². The molecule has 3 aromatic carbocycles. The molecule has 0 saturated heterocycles. The molecule has 5 nitrogen and oxygen atoms in total. The molecule has 2 heterocycles. The average molecular weight is 441 g/mol. The van der Waals surface area contributed by atoms with Gasteiger partial charge in [0.25, 0.3) is 5.91 Å². The summed E-state index contributed by atoms with van der Waals surface area (Å²) in [6.07, 6.45) is 2.07. The lowest BCUT2D eigenvalue weighted by atomic mass is 10.1. The second-order valence-electron chi connectivity index (χ2n) is 7.91. The van der Waals surface area contributed by atoms with Crippen LogP contribution in [0.5, 0.6) is 0 Å². The third-order valence-electron chi connectivity index (χ3n) is 5.75. The number of aromatic amines is 1. The quantitative estimate of drug-likeness (QED) is 0.242. The fourth-order valence-corrected chi connectivity index (χ4v) is 4.89. The molecule has 6 heteroatoms. The van der Waals surface area contributed by atoms with E-state index in [-0.39, 0.29) is 11.9 Å². The summed E-state index contributed by atoms with van der Waals surface area (Å²) in [5.74, 6) is -0.142. The largest absolute Gasteiger partial charge is 0.397 e. The molecule has 5 aromatic rings. The van der Waals surface area contributed by atoms with Gasteiger partial charge < -0.3 is 21.4 Å². The topological polar surface area (TPSA) is 82.9 Å². The predicted octanol–water partition coefficient (Wildman–Crippen LogP) is 6.07. The molecule has 0 bridgehead atoms. The molecule has 0 spiro atoms. The van der Waals surface area contributed by atoms with Gasteiger partial charge in [-0.3, -0.25) is 4.79 Å². The van der Waals surface area contributed by atoms with Crippen LogP contribution in [0, 0.1) is 0 Å². The van der Waals surface area contributed by atoms with E-state index in [1.54, 1.807) is 12.1 Å². The summed E-state index contributed by atoms with van der Waals surface area (Å²) in [4.78, 5) is 16.7. The van der Waals surface area contributed by atoms with Gasteiger partial charge in [-0.1, -0.05) is 42.5 Å². The number of H-pyrrole nitrogens is 1. The lowest BCUT2D eigenvalue weighted by Crippen LogP contribution is -2.17. The summed E-state index contributed by atoms with van der Waals surface area (Å²) < 4.78 is 1.09. The molecule has 0 aliphatic rings. The Balaban J connectivity index is 1.31. The number of nitrogen functional groups attached to an aromatic ring is 1. The highest BCUT2D eigenvalue weighted by molar-refractivity contribution is 7.20. The maximum atomic E-state index is 12.7. The van der Waals surface area contributed by atoms with Crippen molar-refractivity contribution < 1.29 is 4.79 Å². The third-order valence-corrected chi connectivity index (χ3v) is 6.85. The van der Waals surface area contributed by atoms with E-state index in [1.165, 1.54) is 27.8 Å². The number of para-hydroxylation sites is 3. The Morgan fingerprint density at radius 1 is 1.06 bits per heavy atom. The van der Waals surface area contributed by atoms with E-state index >= 15 is 0 Å². The van der Waals surface area contributed by atoms with Crippen molar-refractivity contribution >= 4 is 49.6 Å². The SMILES string of the molecule is CC(NCc1c[nH]c2ccccc12)c1ccc2cc(C(=O)Nc3ccccc3N)sc2c1. The predicted molar refractivity (Wildman–Crippen MR) is 134 cm³/mol. The molecule has 32 heavy (non-hydrogen) atoms. The minimum atomic E-state index is -0.142. The van der Waals surface area contributed by atoms with Gasteiger partial charge in [0.05, 0.1) is 16.3 Å². The monoisotopic (exact) mass is 440 g/mol. The second kappa shape index (κ2) is 8.49. The highest BCUT2D eigenvalue weighted by Gasteiger charge is 2.14. The minimum Gasteiger partial charge on any atom is -0.397 e. The normalized spacial score (nSPS) is 12.3. The van der Waals surface area contributed by atoms with Crippen LogP contribution in [0.2, 0.25) is 0 Å². The van der Waals surface area contributed by atoms with E-state index in [2.05, 4.69) is 65.1 Å². The molecule has 5 rings (SSSR count). The molecule has 2 aromatic heterocycles. The Kier molecular flexibility index (Phi) is 5.39. The number of benzene rings is 3. The molecule has 0 fully saturated rings. The number of nitrogens with one attached hydrogen (secondary N) is 3. The van der Waals surface area contributed by atoms with Crippen LogP contribution < -0.4 is 16.4 Å². The second-order valence-corrected chi connectivity index (χ2v) is 9.00. The van der Waals surface area contributed by atoms with Crippen molar-refractivity contribution in [2.45, 2.75) is 19.5 Å². The standard InChI is InChI=1S/C26H24N4OS/c1-16(28-14-19-15-29-22-8-4-2-6-20(19)22)17-10-11-18-13-25(32-24(18)12-17)26(31)30-23-9-5-3-7-21(23)27/h2-13,15-16,28-29H,14,27H2,1H3,(H,30,31). The molecule has 1 unspecified atom stereocenters. The number of anilines is 2. The van der Waals surface area contributed by atoms with Crippen molar-refractivity contribution in [3.8, 4) is 0 Å². The van der Waals surface area contributed by atoms with Crippen molar-refractivity contribution in [3.05, 3.63) is 95.0 Å². The summed E-state index contributed by atoms with van der Waals surface area (Å²) in [6.45, 7) is 2.94. The molecule has 5 N–H and O–H groups in total. The van der Waals surface area contributed by atoms with Crippen LogP contribution in [-0.4, -0.2) is 10.9 Å². The Labute approximate surface area is 190 Å². The number of hydrogen-bond donors (Lipinski definition) is 4. The molecule has 1 atom stereocenters. The van der Waals surface area contributed by atoms with Gasteiger partial charge in [-0.25, -0.2) is 0 Å². The van der Waals surface area contributed by atoms with Gasteiger partial charge >= 0.3 is 0 Å². The van der Waals surface area contributed by atoms with Crippen molar-refractivity contribution in [1.29, 1.82) is 0 Å². The first-order valence-electron chi connectivity index (χ1n) is 10.6. The van der Waals surface area contributed by atoms with E-state index in [9.17, 15) is 4.79 Å². The fourth-order valence-electron chi connectivity index (χ4n) is 3.88. The van der Waals surface area contributed by atoms with E-state index in [4.69, 9.17) is 5.73 Å². The van der Waals surface area contributed by atoms with E-state index < -0.39 is 0 Å². The van der Waals surface area contributed by atoms with Gasteiger partial charge in [0.2, 0.25) is 0 Å². The number of carbonyl (C=O) groups excluding carboxylic acids is 1. The molecule has 0 aliphatic heterocycles. The first-order valence-corrected chi connectivity index (χ1v) is 11.4. The highest BCUT2D eigenvalue weighted by Crippen LogP contribution is 2.30. The van der Waals surface area contributed by atoms with Crippen molar-refractivity contribution in [1.82, 2.24) is 10.3 Å². The molecule has 0 aliphatic carbocycles. The number of aromatic nitrogens is 1. The lowest BCUT2D eigenvalue weighted by molar-refractivity contribution is 0.103. The van der Waals surface area contributed by atoms with Crippen LogP contribution in [0.25, 0.3) is 21.0 Å². The van der Waals surface area contributed by atoms with E-state index in [0.29, 0.717) is 16.3 Å². The Hall–Kier alpha value is -3.61. The van der Waals surface area contributed by atoms with Crippen LogP contribution in [0.15, 0.2) is 79.0 Å². The number of nitrogens with two attached hydrogens (primary N) is 1. The average Bonchev–Trinajstić information content (AvgIpc) is 3.42. The third kappa shape index (κ3) is 3.98. The fraction of sp³-hybridized carbons (Fsp3) is 0.115. The first kappa shape index (κ1) is 20.3. The smallest absolute Gasteiger partial charge is 0.265 e. The van der Waals surface area contributed by atoms with Crippen LogP contribution in [0.3, 0.4) is 0 Å². The Bertz CT molecular complexity index is 1420. The lowest BCUT2D eigenvalue weighted by Gasteiger charge is -2.14. The zero-order valence-electron chi connectivity index (χ0n) is 17.7. The zero-order chi connectivity index (χ0) is 22.1. The van der Waals surface area contributed by atoms with Crippen molar-refractivity contribution in [3.63, 3.8) is 0 Å². The van der Waals surface area contributed by atoms with Crippen LogP contribution in [-0.2, 0) is 6.54 Å². The number of thiophene rings is 1. The number of carbonyl (C=O) groups is 1. The molecule has 1 amide bonds. The maximum absolute atomic E-state index is 12.7. The van der Waals surface area contributed by atoms with Gasteiger partial charge in [0.15, 0.2) is 0 Å². The van der Waals surface area contributed by atoms with Gasteiger partial charge in [-0.05, 0) is 53.8 Å². The molecular formula is C26H24N4OS. The highest BCUT2D eigenvalue weighted by atomic mass is 32.1. The summed E-state index contributed by atoms with van der Waals surface area (Å²) in [7, 11) is 0. The minimum absolute atomic E-state index is 0.142. The first-order chi connectivity index (χ1) is 15.6. The summed E-state index contributed by atoms with van der Waals surface area (Å²) in [5.41, 5.74) is 10.7. The Morgan fingerprint density at radius 3 is 2.75 bits per heavy atom. The van der Waals surface area contributed by atoms with Crippen LogP contribution in [0.4, 0.5) is 11.4 Å². The number of hydrogen-bond acceptors (Lipinski definition) is 4. The van der Waals surface area contributed by atoms with Gasteiger partial charge in [-0.15, -0.1) is 11.3 Å². The summed E-state index contributed by atoms with van der Waals surface area (Å²) >= 11 is 1.49. The van der Waals surface area contributed by atoms with Gasteiger partial charge in [0.1, 0.15) is 0 Å². The zero-order valence-corrected chi connectivity index (χ0v) is 18.5.